The van der Waals surface area contributed by atoms with Crippen molar-refractivity contribution in [2.24, 2.45) is 0 Å². The highest BCUT2D eigenvalue weighted by Gasteiger charge is 2.38. The fourth-order valence-corrected chi connectivity index (χ4v) is 4.71. The number of benzene rings is 1. The molecule has 0 amide bonds. The monoisotopic (exact) mass is 496 g/mol. The molecule has 1 fully saturated rings. The fourth-order valence-electron chi connectivity index (χ4n) is 4.50. The number of hydrogen-bond acceptors (Lipinski definition) is 7. The molecule has 1 aliphatic rings. The summed E-state index contributed by atoms with van der Waals surface area (Å²) in [6.07, 6.45) is 7.20. The summed E-state index contributed by atoms with van der Waals surface area (Å²) in [5.74, 6) is 1.15. The number of aryl methyl sites for hydroxylation is 1. The molecule has 9 heteroatoms. The first-order valence-electron chi connectivity index (χ1n) is 11.9. The van der Waals surface area contributed by atoms with Crippen molar-refractivity contribution >= 4 is 17.4 Å². The average Bonchev–Trinajstić information content (AvgIpc) is 2.88. The molecule has 1 aliphatic carbocycles. The quantitative estimate of drug-likeness (QED) is 0.453. The van der Waals surface area contributed by atoms with Crippen molar-refractivity contribution in [2.45, 2.75) is 57.5 Å². The van der Waals surface area contributed by atoms with Gasteiger partial charge >= 0.3 is 5.69 Å². The van der Waals surface area contributed by atoms with Gasteiger partial charge in [-0.3, -0.25) is 9.78 Å². The van der Waals surface area contributed by atoms with E-state index >= 15 is 0 Å². The van der Waals surface area contributed by atoms with Crippen LogP contribution in [0, 0.1) is 0 Å². The van der Waals surface area contributed by atoms with Crippen molar-refractivity contribution in [3.8, 4) is 28.7 Å². The van der Waals surface area contributed by atoms with Crippen molar-refractivity contribution in [1.82, 2.24) is 19.9 Å². The maximum Gasteiger partial charge on any atom is 0.348 e. The zero-order chi connectivity index (χ0) is 24.8. The summed E-state index contributed by atoms with van der Waals surface area (Å²) in [5, 5.41) is 0.436. The third-order valence-corrected chi connectivity index (χ3v) is 6.75. The number of nitrogens with zero attached hydrogens (tertiary/aromatic N) is 3. The highest BCUT2D eigenvalue weighted by atomic mass is 35.5. The van der Waals surface area contributed by atoms with E-state index in [1.165, 1.54) is 0 Å². The van der Waals surface area contributed by atoms with E-state index in [1.807, 2.05) is 19.1 Å². The Hall–Kier alpha value is -3.10. The Balaban J connectivity index is 1.56. The minimum absolute atomic E-state index is 0.136. The number of hydrogen-bond donors (Lipinski definition) is 1. The summed E-state index contributed by atoms with van der Waals surface area (Å²) in [4.78, 5) is 40.7. The number of ketones is 1. The summed E-state index contributed by atoms with van der Waals surface area (Å²) in [7, 11) is 1.63. The number of halogens is 1. The number of methoxy groups -OCH3 is 1. The summed E-state index contributed by atoms with van der Waals surface area (Å²) >= 11 is 6.47. The zero-order valence-electron chi connectivity index (χ0n) is 20.0. The number of H-pyrrole nitrogens is 1. The minimum Gasteiger partial charge on any atom is -0.478 e. The van der Waals surface area contributed by atoms with Crippen LogP contribution in [0.1, 0.15) is 51.0 Å². The molecule has 2 aromatic heterocycles. The van der Waals surface area contributed by atoms with Crippen molar-refractivity contribution in [3.63, 3.8) is 0 Å². The number of carbonyl (C=O) groups is 1. The lowest BCUT2D eigenvalue weighted by molar-refractivity contribution is -0.145. The molecular weight excluding hydrogens is 468 g/mol. The van der Waals surface area contributed by atoms with Gasteiger partial charge in [0.05, 0.1) is 11.6 Å². The molecule has 0 atom stereocenters. The molecule has 0 aliphatic heterocycles. The first-order valence-corrected chi connectivity index (χ1v) is 12.3. The highest BCUT2D eigenvalue weighted by Crippen LogP contribution is 2.34. The lowest BCUT2D eigenvalue weighted by Gasteiger charge is -2.34. The molecule has 1 N–H and O–H groups in total. The van der Waals surface area contributed by atoms with Crippen molar-refractivity contribution < 1.29 is 14.3 Å². The topological polar surface area (TPSA) is 107 Å². The van der Waals surface area contributed by atoms with Crippen LogP contribution in [0.3, 0.4) is 0 Å². The largest absolute Gasteiger partial charge is 0.478 e. The summed E-state index contributed by atoms with van der Waals surface area (Å²) in [6, 6.07) is 8.94. The second-order valence-electron chi connectivity index (χ2n) is 8.64. The Morgan fingerprint density at radius 2 is 1.94 bits per heavy atom. The second kappa shape index (κ2) is 11.1. The number of aromatic nitrogens is 4. The molecule has 0 spiro atoms. The first-order chi connectivity index (χ1) is 16.9. The second-order valence-corrected chi connectivity index (χ2v) is 9.05. The SMILES string of the molecule is CCOc1ccc(-c2nc(-c3cc(CCC(=O)C4(OC)CCCCC4)ccc3Cl)[nH]c(=O)n2)cn1. The lowest BCUT2D eigenvalue weighted by atomic mass is 9.80. The van der Waals surface area contributed by atoms with E-state index in [2.05, 4.69) is 19.9 Å². The standard InChI is InChI=1S/C26H29ClN4O4/c1-3-35-22-12-9-18(16-28-22)23-29-24(31-25(33)30-23)19-15-17(7-10-20(19)27)8-11-21(32)26(34-2)13-5-4-6-14-26/h7,9-10,12,15-16H,3-6,8,11,13-14H2,1-2H3,(H,29,30,31,33). The molecule has 8 nitrogen and oxygen atoms in total. The van der Waals surface area contributed by atoms with Crippen LogP contribution < -0.4 is 10.4 Å². The molecule has 35 heavy (non-hydrogen) atoms. The number of Topliss-reactive ketones (excluding diaryl/α,β-unsaturated/α-hetero) is 1. The van der Waals surface area contributed by atoms with Crippen LogP contribution in [0.4, 0.5) is 0 Å². The van der Waals surface area contributed by atoms with Crippen LogP contribution in [0.15, 0.2) is 41.3 Å². The van der Waals surface area contributed by atoms with Crippen LogP contribution in [-0.4, -0.2) is 45.0 Å². The van der Waals surface area contributed by atoms with Gasteiger partial charge in [0.2, 0.25) is 5.88 Å². The van der Waals surface area contributed by atoms with E-state index in [-0.39, 0.29) is 11.6 Å². The maximum atomic E-state index is 13.0. The molecule has 0 unspecified atom stereocenters. The van der Waals surface area contributed by atoms with E-state index < -0.39 is 11.3 Å². The summed E-state index contributed by atoms with van der Waals surface area (Å²) in [5.41, 5.74) is 0.858. The molecule has 0 saturated heterocycles. The van der Waals surface area contributed by atoms with Gasteiger partial charge in [-0.25, -0.2) is 14.8 Å². The molecule has 184 valence electrons. The van der Waals surface area contributed by atoms with Gasteiger partial charge in [-0.2, -0.15) is 4.98 Å². The number of aromatic amines is 1. The Bertz CT molecular complexity index is 1240. The molecule has 3 aromatic rings. The van der Waals surface area contributed by atoms with Gasteiger partial charge in [0.25, 0.3) is 0 Å². The van der Waals surface area contributed by atoms with Gasteiger partial charge in [0, 0.05) is 36.9 Å². The smallest absolute Gasteiger partial charge is 0.348 e. The van der Waals surface area contributed by atoms with Crippen LogP contribution >= 0.6 is 11.6 Å². The normalized spacial score (nSPS) is 15.1. The maximum absolute atomic E-state index is 13.0. The van der Waals surface area contributed by atoms with E-state index in [4.69, 9.17) is 21.1 Å². The molecule has 4 rings (SSSR count). The summed E-state index contributed by atoms with van der Waals surface area (Å²) in [6.45, 7) is 2.38. The number of carbonyl (C=O) groups excluding carboxylic acids is 1. The number of ether oxygens (including phenoxy) is 2. The van der Waals surface area contributed by atoms with Gasteiger partial charge in [0.1, 0.15) is 11.4 Å². The van der Waals surface area contributed by atoms with E-state index in [1.54, 1.807) is 31.5 Å². The van der Waals surface area contributed by atoms with Crippen LogP contribution in [-0.2, 0) is 16.0 Å². The van der Waals surface area contributed by atoms with Gasteiger partial charge in [0.15, 0.2) is 11.6 Å². The zero-order valence-corrected chi connectivity index (χ0v) is 20.7. The van der Waals surface area contributed by atoms with Crippen LogP contribution in [0.2, 0.25) is 5.02 Å². The van der Waals surface area contributed by atoms with Crippen LogP contribution in [0.25, 0.3) is 22.8 Å². The van der Waals surface area contributed by atoms with Crippen molar-refractivity contribution in [3.05, 3.63) is 57.6 Å². The van der Waals surface area contributed by atoms with E-state index in [0.717, 1.165) is 37.7 Å². The van der Waals surface area contributed by atoms with Gasteiger partial charge in [-0.1, -0.05) is 36.9 Å². The third-order valence-electron chi connectivity index (χ3n) is 6.42. The van der Waals surface area contributed by atoms with Crippen molar-refractivity contribution in [1.29, 1.82) is 0 Å². The number of nitrogens with one attached hydrogen (secondary N) is 1. The minimum atomic E-state index is -0.661. The molecular formula is C26H29ClN4O4. The molecule has 1 saturated carbocycles. The summed E-state index contributed by atoms with van der Waals surface area (Å²) < 4.78 is 11.1. The predicted molar refractivity (Wildman–Crippen MR) is 134 cm³/mol. The predicted octanol–water partition coefficient (Wildman–Crippen LogP) is 4.80. The van der Waals surface area contributed by atoms with Gasteiger partial charge in [-0.05, 0) is 49.9 Å². The van der Waals surface area contributed by atoms with Crippen LogP contribution in [0.5, 0.6) is 5.88 Å². The van der Waals surface area contributed by atoms with Gasteiger partial charge in [-0.15, -0.1) is 0 Å². The molecule has 1 aromatic carbocycles. The fraction of sp³-hybridized carbons (Fsp3) is 0.423. The third kappa shape index (κ3) is 5.77. The average molecular weight is 497 g/mol. The molecule has 0 radical (unpaired) electrons. The van der Waals surface area contributed by atoms with E-state index in [9.17, 15) is 9.59 Å². The highest BCUT2D eigenvalue weighted by molar-refractivity contribution is 6.33. The Kier molecular flexibility index (Phi) is 7.93. The van der Waals surface area contributed by atoms with Gasteiger partial charge < -0.3 is 9.47 Å². The number of rotatable bonds is 9. The molecule has 2 heterocycles. The first kappa shape index (κ1) is 25.0. The Labute approximate surface area is 209 Å². The Morgan fingerprint density at radius 1 is 1.14 bits per heavy atom. The molecule has 0 bridgehead atoms. The van der Waals surface area contributed by atoms with E-state index in [0.29, 0.717) is 47.3 Å². The number of pyridine rings is 1. The lowest BCUT2D eigenvalue weighted by Crippen LogP contribution is -2.42. The van der Waals surface area contributed by atoms with Crippen molar-refractivity contribution in [2.75, 3.05) is 13.7 Å². The Morgan fingerprint density at radius 3 is 2.63 bits per heavy atom.